The third kappa shape index (κ3) is 5.09. The van der Waals surface area contributed by atoms with Gasteiger partial charge in [0.1, 0.15) is 12.4 Å². The van der Waals surface area contributed by atoms with Gasteiger partial charge in [-0.15, -0.1) is 0 Å². The fourth-order valence-corrected chi connectivity index (χ4v) is 3.39. The lowest BCUT2D eigenvalue weighted by Gasteiger charge is -2.21. The van der Waals surface area contributed by atoms with Crippen LogP contribution >= 0.6 is 0 Å². The highest BCUT2D eigenvalue weighted by molar-refractivity contribution is 5.80. The Kier molecular flexibility index (Phi) is 6.12. The van der Waals surface area contributed by atoms with Crippen molar-refractivity contribution in [2.24, 2.45) is 5.92 Å². The summed E-state index contributed by atoms with van der Waals surface area (Å²) >= 11 is 0. The van der Waals surface area contributed by atoms with Crippen LogP contribution in [0.5, 0.6) is 5.75 Å². The van der Waals surface area contributed by atoms with Crippen molar-refractivity contribution < 1.29 is 14.3 Å². The highest BCUT2D eigenvalue weighted by Gasteiger charge is 2.28. The third-order valence-corrected chi connectivity index (χ3v) is 4.93. The van der Waals surface area contributed by atoms with E-state index in [4.69, 9.17) is 4.74 Å². The van der Waals surface area contributed by atoms with Gasteiger partial charge in [-0.1, -0.05) is 48.5 Å². The summed E-state index contributed by atoms with van der Waals surface area (Å²) in [6.45, 7) is 1.79. The van der Waals surface area contributed by atoms with E-state index >= 15 is 0 Å². The summed E-state index contributed by atoms with van der Waals surface area (Å²) in [5.74, 6) is 1.13. The van der Waals surface area contributed by atoms with Crippen LogP contribution in [-0.4, -0.2) is 48.8 Å². The maximum atomic E-state index is 12.7. The molecule has 142 valence electrons. The first kappa shape index (κ1) is 19.0. The molecule has 5 nitrogen and oxygen atoms in total. The van der Waals surface area contributed by atoms with Gasteiger partial charge < -0.3 is 14.5 Å². The van der Waals surface area contributed by atoms with Crippen LogP contribution in [0.1, 0.15) is 17.5 Å². The molecule has 5 heteroatoms. The zero-order valence-corrected chi connectivity index (χ0v) is 15.9. The number of hydrogen-bond donors (Lipinski definition) is 0. The van der Waals surface area contributed by atoms with Crippen molar-refractivity contribution in [3.05, 3.63) is 65.7 Å². The molecule has 3 rings (SSSR count). The zero-order chi connectivity index (χ0) is 19.2. The molecular weight excluding hydrogens is 340 g/mol. The molecule has 2 aromatic rings. The summed E-state index contributed by atoms with van der Waals surface area (Å²) in [4.78, 5) is 27.8. The molecule has 1 aliphatic rings. The highest BCUT2D eigenvalue weighted by atomic mass is 16.5. The number of ether oxygens (including phenoxy) is 1. The average molecular weight is 366 g/mol. The van der Waals surface area contributed by atoms with Gasteiger partial charge in [0.25, 0.3) is 0 Å². The summed E-state index contributed by atoms with van der Waals surface area (Å²) in [6, 6.07) is 17.6. The molecule has 0 radical (unpaired) electrons. The number of carbonyl (C=O) groups is 2. The minimum atomic E-state index is 0.0350. The number of benzene rings is 2. The van der Waals surface area contributed by atoms with E-state index in [0.717, 1.165) is 16.9 Å². The number of likely N-dealkylation sites (tertiary alicyclic amines) is 1. The van der Waals surface area contributed by atoms with Gasteiger partial charge >= 0.3 is 0 Å². The van der Waals surface area contributed by atoms with Crippen molar-refractivity contribution in [2.75, 3.05) is 27.2 Å². The maximum Gasteiger partial charge on any atom is 0.226 e. The predicted molar refractivity (Wildman–Crippen MR) is 104 cm³/mol. The van der Waals surface area contributed by atoms with Crippen molar-refractivity contribution in [3.8, 4) is 5.75 Å². The molecule has 1 atom stereocenters. The van der Waals surface area contributed by atoms with Crippen LogP contribution in [0.25, 0.3) is 0 Å². The Hall–Kier alpha value is -2.82. The second kappa shape index (κ2) is 8.71. The molecule has 27 heavy (non-hydrogen) atoms. The van der Waals surface area contributed by atoms with Gasteiger partial charge in [0.2, 0.25) is 11.8 Å². The molecule has 0 bridgehead atoms. The van der Waals surface area contributed by atoms with E-state index in [1.54, 1.807) is 16.8 Å². The highest BCUT2D eigenvalue weighted by Crippen LogP contribution is 2.22. The summed E-state index contributed by atoms with van der Waals surface area (Å²) in [6.07, 6.45) is 0.808. The summed E-state index contributed by atoms with van der Waals surface area (Å²) in [7, 11) is 3.61. The largest absolute Gasteiger partial charge is 0.489 e. The lowest BCUT2D eigenvalue weighted by molar-refractivity contribution is -0.130. The van der Waals surface area contributed by atoms with E-state index in [1.165, 1.54) is 0 Å². The molecule has 2 amide bonds. The zero-order valence-electron chi connectivity index (χ0n) is 15.9. The van der Waals surface area contributed by atoms with Crippen LogP contribution in [0, 0.1) is 5.92 Å². The average Bonchev–Trinajstić information content (AvgIpc) is 2.99. The molecule has 0 N–H and O–H groups in total. The molecule has 0 saturated carbocycles. The lowest BCUT2D eigenvalue weighted by atomic mass is 10.1. The second-order valence-corrected chi connectivity index (χ2v) is 7.18. The Morgan fingerprint density at radius 2 is 1.85 bits per heavy atom. The van der Waals surface area contributed by atoms with E-state index in [9.17, 15) is 9.59 Å². The predicted octanol–water partition coefficient (Wildman–Crippen LogP) is 2.74. The number of rotatable bonds is 7. The molecule has 1 saturated heterocycles. The standard InChI is InChI=1S/C22H26N2O3/c1-23-14-18(12-21(23)25)15-24(2)22(26)13-19-10-6-7-11-20(19)27-16-17-8-4-3-5-9-17/h3-11,18H,12-16H2,1-2H3. The molecule has 1 unspecified atom stereocenters. The van der Waals surface area contributed by atoms with Gasteiger partial charge in [-0.05, 0) is 11.6 Å². The molecule has 2 aromatic carbocycles. The van der Waals surface area contributed by atoms with E-state index < -0.39 is 0 Å². The number of para-hydroxylation sites is 1. The van der Waals surface area contributed by atoms with Crippen LogP contribution in [0.4, 0.5) is 0 Å². The van der Waals surface area contributed by atoms with Gasteiger partial charge in [0, 0.05) is 45.1 Å². The van der Waals surface area contributed by atoms with Crippen LogP contribution in [-0.2, 0) is 22.6 Å². The monoisotopic (exact) mass is 366 g/mol. The quantitative estimate of drug-likeness (QED) is 0.757. The fourth-order valence-electron chi connectivity index (χ4n) is 3.39. The maximum absolute atomic E-state index is 12.7. The Morgan fingerprint density at radius 3 is 2.56 bits per heavy atom. The summed E-state index contributed by atoms with van der Waals surface area (Å²) in [5.41, 5.74) is 1.97. The number of hydrogen-bond acceptors (Lipinski definition) is 3. The first-order valence-corrected chi connectivity index (χ1v) is 9.25. The van der Waals surface area contributed by atoms with Crippen LogP contribution in [0.2, 0.25) is 0 Å². The van der Waals surface area contributed by atoms with E-state index in [1.807, 2.05) is 61.6 Å². The molecular formula is C22H26N2O3. The van der Waals surface area contributed by atoms with Crippen molar-refractivity contribution in [1.29, 1.82) is 0 Å². The van der Waals surface area contributed by atoms with Crippen molar-refractivity contribution >= 4 is 11.8 Å². The van der Waals surface area contributed by atoms with Crippen molar-refractivity contribution in [3.63, 3.8) is 0 Å². The fraction of sp³-hybridized carbons (Fsp3) is 0.364. The molecule has 1 aliphatic heterocycles. The first-order valence-electron chi connectivity index (χ1n) is 9.25. The van der Waals surface area contributed by atoms with E-state index in [0.29, 0.717) is 26.1 Å². The van der Waals surface area contributed by atoms with Crippen molar-refractivity contribution in [1.82, 2.24) is 9.80 Å². The lowest BCUT2D eigenvalue weighted by Crippen LogP contribution is -2.33. The normalized spacial score (nSPS) is 16.4. The molecule has 0 aromatic heterocycles. The van der Waals surface area contributed by atoms with E-state index in [2.05, 4.69) is 0 Å². The minimum absolute atomic E-state index is 0.0350. The van der Waals surface area contributed by atoms with Gasteiger partial charge in [-0.2, -0.15) is 0 Å². The molecule has 0 aliphatic carbocycles. The Balaban J connectivity index is 1.58. The van der Waals surface area contributed by atoms with Crippen molar-refractivity contribution in [2.45, 2.75) is 19.4 Å². The van der Waals surface area contributed by atoms with Gasteiger partial charge in [-0.25, -0.2) is 0 Å². The molecule has 1 heterocycles. The first-order chi connectivity index (χ1) is 13.0. The Morgan fingerprint density at radius 1 is 1.15 bits per heavy atom. The van der Waals surface area contributed by atoms with Crippen LogP contribution in [0.15, 0.2) is 54.6 Å². The Bertz CT molecular complexity index is 791. The second-order valence-electron chi connectivity index (χ2n) is 7.18. The smallest absolute Gasteiger partial charge is 0.226 e. The topological polar surface area (TPSA) is 49.9 Å². The summed E-state index contributed by atoms with van der Waals surface area (Å²) < 4.78 is 5.94. The van der Waals surface area contributed by atoms with Crippen LogP contribution < -0.4 is 4.74 Å². The summed E-state index contributed by atoms with van der Waals surface area (Å²) in [5, 5.41) is 0. The third-order valence-electron chi connectivity index (χ3n) is 4.93. The number of carbonyl (C=O) groups excluding carboxylic acids is 2. The Labute approximate surface area is 160 Å². The number of nitrogens with zero attached hydrogens (tertiary/aromatic N) is 2. The number of amides is 2. The van der Waals surface area contributed by atoms with Gasteiger partial charge in [0.15, 0.2) is 0 Å². The molecule has 1 fully saturated rings. The minimum Gasteiger partial charge on any atom is -0.489 e. The van der Waals surface area contributed by atoms with Gasteiger partial charge in [0.05, 0.1) is 6.42 Å². The van der Waals surface area contributed by atoms with E-state index in [-0.39, 0.29) is 24.2 Å². The van der Waals surface area contributed by atoms with Gasteiger partial charge in [-0.3, -0.25) is 9.59 Å². The molecule has 0 spiro atoms. The SMILES string of the molecule is CN(CC1CC(=O)N(C)C1)C(=O)Cc1ccccc1OCc1ccccc1. The van der Waals surface area contributed by atoms with Crippen LogP contribution in [0.3, 0.4) is 0 Å². The number of likely N-dealkylation sites (N-methyl/N-ethyl adjacent to an activating group) is 1.